The number of hydrogen-bond donors (Lipinski definition) is 0. The Bertz CT molecular complexity index is 132. The summed E-state index contributed by atoms with van der Waals surface area (Å²) in [6, 6.07) is 0. The molecule has 0 aromatic carbocycles. The van der Waals surface area contributed by atoms with Crippen molar-refractivity contribution in [2.75, 3.05) is 0 Å². The van der Waals surface area contributed by atoms with Crippen LogP contribution in [-0.4, -0.2) is 15.7 Å². The average Bonchev–Trinajstić information content (AvgIpc) is 1.96. The minimum atomic E-state index is -0.205. The van der Waals surface area contributed by atoms with Gasteiger partial charge in [-0.25, -0.2) is 0 Å². The second-order valence-electron chi connectivity index (χ2n) is 2.26. The zero-order valence-electron chi connectivity index (χ0n) is 7.09. The summed E-state index contributed by atoms with van der Waals surface area (Å²) in [5.74, 6) is -0.205. The molecule has 0 heterocycles. The molecule has 0 aromatic rings. The van der Waals surface area contributed by atoms with Crippen molar-refractivity contribution in [3.8, 4) is 0 Å². The quantitative estimate of drug-likeness (QED) is 0.465. The number of allylic oxidation sites excluding steroid dienone is 1. The molecule has 0 rings (SSSR count). The molecule has 0 fully saturated rings. The lowest BCUT2D eigenvalue weighted by Gasteiger charge is -1.92. The number of unbranched alkanes of at least 4 members (excludes halogenated alkanes) is 2. The van der Waals surface area contributed by atoms with E-state index in [0.717, 1.165) is 6.42 Å². The van der Waals surface area contributed by atoms with Crippen molar-refractivity contribution in [1.82, 2.24) is 0 Å². The van der Waals surface area contributed by atoms with Crippen LogP contribution in [-0.2, 0) is 9.22 Å². The minimum absolute atomic E-state index is 0.194. The van der Waals surface area contributed by atoms with Gasteiger partial charge in [0.15, 0.2) is 0 Å². The molecule has 0 aromatic heterocycles. The lowest BCUT2D eigenvalue weighted by Crippen LogP contribution is -2.00. The van der Waals surface area contributed by atoms with Gasteiger partial charge in [0.2, 0.25) is 0 Å². The Morgan fingerprint density at radius 1 is 1.64 bits per heavy atom. The van der Waals surface area contributed by atoms with Gasteiger partial charge in [-0.15, -0.1) is 0 Å². The van der Waals surface area contributed by atoms with E-state index in [1.807, 2.05) is 5.70 Å². The number of rotatable bonds is 5. The fourth-order valence-electron chi connectivity index (χ4n) is 0.570. The van der Waals surface area contributed by atoms with E-state index in [2.05, 4.69) is 13.0 Å². The summed E-state index contributed by atoms with van der Waals surface area (Å²) in [7, 11) is 0.194. The van der Waals surface area contributed by atoms with Crippen LogP contribution in [0.15, 0.2) is 11.8 Å². The minimum Gasteiger partial charge on any atom is -0.512 e. The maximum atomic E-state index is 10.3. The molecule has 0 atom stereocenters. The molecular formula is C8H14O2Si. The van der Waals surface area contributed by atoms with Gasteiger partial charge >= 0.3 is 9.76 Å². The van der Waals surface area contributed by atoms with Crippen LogP contribution in [0, 0.1) is 0 Å². The predicted octanol–water partition coefficient (Wildman–Crippen LogP) is 1.87. The zero-order valence-corrected chi connectivity index (χ0v) is 8.09. The molecule has 0 spiro atoms. The van der Waals surface area contributed by atoms with E-state index in [1.54, 1.807) is 0 Å². The molecule has 11 heavy (non-hydrogen) atoms. The van der Waals surface area contributed by atoms with E-state index in [4.69, 9.17) is 4.43 Å². The highest BCUT2D eigenvalue weighted by Gasteiger charge is 1.89. The van der Waals surface area contributed by atoms with Crippen LogP contribution in [0.3, 0.4) is 0 Å². The van der Waals surface area contributed by atoms with Crippen LogP contribution in [0.4, 0.5) is 0 Å². The van der Waals surface area contributed by atoms with Crippen LogP contribution in [0.2, 0.25) is 0 Å². The highest BCUT2D eigenvalue weighted by atomic mass is 28.2. The predicted molar refractivity (Wildman–Crippen MR) is 46.2 cm³/mol. The first-order valence-electron chi connectivity index (χ1n) is 3.85. The van der Waals surface area contributed by atoms with Crippen molar-refractivity contribution in [2.24, 2.45) is 0 Å². The molecule has 62 valence electrons. The average molecular weight is 170 g/mol. The van der Waals surface area contributed by atoms with Crippen molar-refractivity contribution < 1.29 is 9.22 Å². The number of hydrogen-bond acceptors (Lipinski definition) is 2. The first-order valence-corrected chi connectivity index (χ1v) is 4.84. The molecule has 0 bridgehead atoms. The van der Waals surface area contributed by atoms with Crippen LogP contribution in [0.25, 0.3) is 0 Å². The molecule has 2 nitrogen and oxygen atoms in total. The molecule has 0 amide bonds. The van der Waals surface area contributed by atoms with Gasteiger partial charge in [0, 0.05) is 6.92 Å². The summed E-state index contributed by atoms with van der Waals surface area (Å²) in [4.78, 5) is 10.3. The van der Waals surface area contributed by atoms with Gasteiger partial charge in [-0.3, -0.25) is 4.79 Å². The number of carbonyl (C=O) groups is 1. The van der Waals surface area contributed by atoms with Crippen molar-refractivity contribution in [1.29, 1.82) is 0 Å². The maximum absolute atomic E-state index is 10.3. The molecule has 2 radical (unpaired) electrons. The maximum Gasteiger partial charge on any atom is 0.346 e. The Hall–Kier alpha value is -0.573. The lowest BCUT2D eigenvalue weighted by molar-refractivity contribution is -0.131. The second kappa shape index (κ2) is 7.53. The summed E-state index contributed by atoms with van der Waals surface area (Å²) in [6.07, 6.45) is 5.57. The SMILES string of the molecule is CCCC/C=C/[Si]OC(C)=O. The molecule has 0 aliphatic heterocycles. The smallest absolute Gasteiger partial charge is 0.346 e. The van der Waals surface area contributed by atoms with Gasteiger partial charge in [-0.1, -0.05) is 31.5 Å². The Labute approximate surface area is 70.6 Å². The second-order valence-corrected chi connectivity index (χ2v) is 3.03. The third kappa shape index (κ3) is 9.43. The van der Waals surface area contributed by atoms with E-state index in [0.29, 0.717) is 0 Å². The topological polar surface area (TPSA) is 26.3 Å². The van der Waals surface area contributed by atoms with Crippen molar-refractivity contribution in [3.63, 3.8) is 0 Å². The Morgan fingerprint density at radius 3 is 2.91 bits per heavy atom. The Morgan fingerprint density at radius 2 is 2.36 bits per heavy atom. The van der Waals surface area contributed by atoms with Gasteiger partial charge < -0.3 is 4.43 Å². The zero-order chi connectivity index (χ0) is 8.53. The van der Waals surface area contributed by atoms with Gasteiger partial charge in [-0.2, -0.15) is 0 Å². The summed E-state index contributed by atoms with van der Waals surface area (Å²) in [6.45, 7) is 3.58. The highest BCUT2D eigenvalue weighted by molar-refractivity contribution is 6.36. The molecule has 0 saturated heterocycles. The summed E-state index contributed by atoms with van der Waals surface area (Å²) >= 11 is 0. The first kappa shape index (κ1) is 10.4. The Balaban J connectivity index is 3.10. The standard InChI is InChI=1S/C8H14O2Si/c1-3-4-5-6-7-11-10-8(2)9/h6-7H,3-5H2,1-2H3/b7-6+. The van der Waals surface area contributed by atoms with Crippen LogP contribution in [0.5, 0.6) is 0 Å². The molecule has 0 N–H and O–H groups in total. The summed E-state index contributed by atoms with van der Waals surface area (Å²) in [5.41, 5.74) is 1.91. The van der Waals surface area contributed by atoms with Gasteiger partial charge in [0.1, 0.15) is 0 Å². The summed E-state index contributed by atoms with van der Waals surface area (Å²) in [5, 5.41) is 0. The fourth-order valence-corrected chi connectivity index (χ4v) is 1.07. The number of carbonyl (C=O) groups excluding carboxylic acids is 1. The monoisotopic (exact) mass is 170 g/mol. The van der Waals surface area contributed by atoms with Crippen molar-refractivity contribution >= 4 is 15.7 Å². The van der Waals surface area contributed by atoms with Crippen LogP contribution in [0.1, 0.15) is 33.1 Å². The molecule has 0 unspecified atom stereocenters. The molecule has 0 aliphatic carbocycles. The largest absolute Gasteiger partial charge is 0.512 e. The van der Waals surface area contributed by atoms with E-state index in [9.17, 15) is 4.79 Å². The molecule has 0 aliphatic rings. The van der Waals surface area contributed by atoms with Crippen molar-refractivity contribution in [2.45, 2.75) is 33.1 Å². The van der Waals surface area contributed by atoms with Crippen molar-refractivity contribution in [3.05, 3.63) is 11.8 Å². The molecular weight excluding hydrogens is 156 g/mol. The van der Waals surface area contributed by atoms with Crippen LogP contribution >= 0.6 is 0 Å². The first-order chi connectivity index (χ1) is 5.27. The molecule has 0 saturated carbocycles. The van der Waals surface area contributed by atoms with E-state index < -0.39 is 0 Å². The van der Waals surface area contributed by atoms with E-state index in [1.165, 1.54) is 19.8 Å². The fraction of sp³-hybridized carbons (Fsp3) is 0.625. The normalized spacial score (nSPS) is 10.4. The van der Waals surface area contributed by atoms with Gasteiger partial charge in [-0.05, 0) is 6.42 Å². The third-order valence-electron chi connectivity index (χ3n) is 1.11. The third-order valence-corrected chi connectivity index (χ3v) is 1.89. The van der Waals surface area contributed by atoms with Crippen LogP contribution < -0.4 is 0 Å². The summed E-state index contributed by atoms with van der Waals surface area (Å²) < 4.78 is 4.72. The van der Waals surface area contributed by atoms with E-state index >= 15 is 0 Å². The highest BCUT2D eigenvalue weighted by Crippen LogP contribution is 1.93. The lowest BCUT2D eigenvalue weighted by atomic mass is 10.2. The van der Waals surface area contributed by atoms with Gasteiger partial charge in [0.05, 0.1) is 0 Å². The van der Waals surface area contributed by atoms with Gasteiger partial charge in [0.25, 0.3) is 5.97 Å². The molecule has 3 heteroatoms. The Kier molecular flexibility index (Phi) is 7.14. The van der Waals surface area contributed by atoms with E-state index in [-0.39, 0.29) is 15.7 Å².